The van der Waals surface area contributed by atoms with E-state index in [-0.39, 0.29) is 5.92 Å². The maximum atomic E-state index is 8.79. The topological polar surface area (TPSA) is 23.8 Å². The Morgan fingerprint density at radius 3 is 2.09 bits per heavy atom. The molecule has 0 fully saturated rings. The molecule has 0 aliphatic carbocycles. The van der Waals surface area contributed by atoms with Crippen molar-refractivity contribution in [2.24, 2.45) is 17.8 Å². The highest BCUT2D eigenvalue weighted by Crippen LogP contribution is 2.20. The van der Waals surface area contributed by atoms with E-state index in [2.05, 4.69) is 33.8 Å². The summed E-state index contributed by atoms with van der Waals surface area (Å²) in [4.78, 5) is 0. The molecular formula is C10H19N. The molecule has 0 aromatic rings. The van der Waals surface area contributed by atoms with E-state index in [0.29, 0.717) is 11.8 Å². The second-order valence-electron chi connectivity index (χ2n) is 3.73. The summed E-state index contributed by atoms with van der Waals surface area (Å²) < 4.78 is 0. The first-order valence-corrected chi connectivity index (χ1v) is 4.51. The average Bonchev–Trinajstić information content (AvgIpc) is 1.99. The van der Waals surface area contributed by atoms with E-state index in [0.717, 1.165) is 6.42 Å². The van der Waals surface area contributed by atoms with E-state index in [9.17, 15) is 0 Å². The first kappa shape index (κ1) is 10.5. The Hall–Kier alpha value is -0.510. The lowest BCUT2D eigenvalue weighted by Gasteiger charge is -2.16. The number of hydrogen-bond donors (Lipinski definition) is 0. The Kier molecular flexibility index (Phi) is 4.94. The van der Waals surface area contributed by atoms with E-state index >= 15 is 0 Å². The third kappa shape index (κ3) is 4.03. The number of nitrogens with zero attached hydrogens (tertiary/aromatic N) is 1. The number of hydrogen-bond acceptors (Lipinski definition) is 1. The minimum atomic E-state index is 0.255. The van der Waals surface area contributed by atoms with E-state index in [1.165, 1.54) is 6.42 Å². The van der Waals surface area contributed by atoms with Crippen molar-refractivity contribution in [1.82, 2.24) is 0 Å². The second kappa shape index (κ2) is 5.18. The highest BCUT2D eigenvalue weighted by molar-refractivity contribution is 4.85. The average molecular weight is 153 g/mol. The van der Waals surface area contributed by atoms with Crippen LogP contribution in [0, 0.1) is 29.1 Å². The summed E-state index contributed by atoms with van der Waals surface area (Å²) in [5.41, 5.74) is 0. The smallest absolute Gasteiger partial charge is 0.0658 e. The third-order valence-corrected chi connectivity index (χ3v) is 2.32. The Balaban J connectivity index is 3.80. The van der Waals surface area contributed by atoms with Crippen molar-refractivity contribution in [3.8, 4) is 6.07 Å². The van der Waals surface area contributed by atoms with Gasteiger partial charge in [0, 0.05) is 5.92 Å². The molecule has 0 rings (SSSR count). The lowest BCUT2D eigenvalue weighted by Crippen LogP contribution is -2.10. The molecule has 0 N–H and O–H groups in total. The van der Waals surface area contributed by atoms with E-state index < -0.39 is 0 Å². The van der Waals surface area contributed by atoms with Gasteiger partial charge in [-0.3, -0.25) is 0 Å². The monoisotopic (exact) mass is 153 g/mol. The van der Waals surface area contributed by atoms with Crippen LogP contribution in [0.4, 0.5) is 0 Å². The fraction of sp³-hybridized carbons (Fsp3) is 0.900. The van der Waals surface area contributed by atoms with Crippen molar-refractivity contribution in [2.75, 3.05) is 0 Å². The molecule has 0 saturated carbocycles. The van der Waals surface area contributed by atoms with Gasteiger partial charge in [0.2, 0.25) is 0 Å². The molecule has 0 saturated heterocycles. The summed E-state index contributed by atoms with van der Waals surface area (Å²) in [6.07, 6.45) is 2.25. The predicted molar refractivity (Wildman–Crippen MR) is 48.0 cm³/mol. The zero-order chi connectivity index (χ0) is 8.85. The van der Waals surface area contributed by atoms with Crippen LogP contribution >= 0.6 is 0 Å². The number of nitriles is 1. The highest BCUT2D eigenvalue weighted by Gasteiger charge is 2.14. The largest absolute Gasteiger partial charge is 0.198 e. The molecular weight excluding hydrogens is 134 g/mol. The van der Waals surface area contributed by atoms with Crippen LogP contribution < -0.4 is 0 Å². The lowest BCUT2D eigenvalue weighted by atomic mass is 9.87. The maximum absolute atomic E-state index is 8.79. The van der Waals surface area contributed by atoms with Gasteiger partial charge in [-0.05, 0) is 18.3 Å². The van der Waals surface area contributed by atoms with Crippen molar-refractivity contribution in [1.29, 1.82) is 5.26 Å². The molecule has 0 radical (unpaired) electrons. The molecule has 0 heterocycles. The van der Waals surface area contributed by atoms with Gasteiger partial charge in [-0.15, -0.1) is 0 Å². The fourth-order valence-electron chi connectivity index (χ4n) is 1.07. The van der Waals surface area contributed by atoms with Crippen LogP contribution in [-0.2, 0) is 0 Å². The minimum Gasteiger partial charge on any atom is -0.198 e. The fourth-order valence-corrected chi connectivity index (χ4v) is 1.07. The molecule has 64 valence electrons. The van der Waals surface area contributed by atoms with Crippen LogP contribution in [0.1, 0.15) is 40.5 Å². The SMILES string of the molecule is CCC(C)CC(C#N)C(C)C. The molecule has 0 amide bonds. The molecule has 1 nitrogen and oxygen atoms in total. The zero-order valence-electron chi connectivity index (χ0n) is 8.09. The van der Waals surface area contributed by atoms with Gasteiger partial charge < -0.3 is 0 Å². The molecule has 0 aromatic carbocycles. The van der Waals surface area contributed by atoms with Crippen LogP contribution in [0.3, 0.4) is 0 Å². The zero-order valence-corrected chi connectivity index (χ0v) is 8.09. The van der Waals surface area contributed by atoms with Gasteiger partial charge in [0.15, 0.2) is 0 Å². The van der Waals surface area contributed by atoms with Gasteiger partial charge >= 0.3 is 0 Å². The lowest BCUT2D eigenvalue weighted by molar-refractivity contribution is 0.367. The molecule has 0 aromatic heterocycles. The predicted octanol–water partition coefficient (Wildman–Crippen LogP) is 3.22. The molecule has 0 aliphatic heterocycles. The Bertz CT molecular complexity index is 132. The van der Waals surface area contributed by atoms with Crippen molar-refractivity contribution in [2.45, 2.75) is 40.5 Å². The highest BCUT2D eigenvalue weighted by atomic mass is 14.3. The number of rotatable bonds is 4. The van der Waals surface area contributed by atoms with Crippen molar-refractivity contribution in [3.63, 3.8) is 0 Å². The standard InChI is InChI=1S/C10H19N/c1-5-9(4)6-10(7-11)8(2)3/h8-10H,5-6H2,1-4H3. The van der Waals surface area contributed by atoms with Crippen molar-refractivity contribution < 1.29 is 0 Å². The normalized spacial score (nSPS) is 16.0. The van der Waals surface area contributed by atoms with Gasteiger partial charge in [-0.1, -0.05) is 34.1 Å². The van der Waals surface area contributed by atoms with Crippen LogP contribution in [0.5, 0.6) is 0 Å². The van der Waals surface area contributed by atoms with Gasteiger partial charge in [0.25, 0.3) is 0 Å². The summed E-state index contributed by atoms with van der Waals surface area (Å²) in [6.45, 7) is 8.64. The van der Waals surface area contributed by atoms with Crippen LogP contribution in [0.25, 0.3) is 0 Å². The van der Waals surface area contributed by atoms with Crippen molar-refractivity contribution >= 4 is 0 Å². The molecule has 2 unspecified atom stereocenters. The summed E-state index contributed by atoms with van der Waals surface area (Å²) >= 11 is 0. The maximum Gasteiger partial charge on any atom is 0.0658 e. The van der Waals surface area contributed by atoms with E-state index in [4.69, 9.17) is 5.26 Å². The van der Waals surface area contributed by atoms with Gasteiger partial charge in [0.1, 0.15) is 0 Å². The molecule has 11 heavy (non-hydrogen) atoms. The van der Waals surface area contributed by atoms with E-state index in [1.54, 1.807) is 0 Å². The Labute approximate surface area is 70.4 Å². The van der Waals surface area contributed by atoms with E-state index in [1.807, 2.05) is 0 Å². The summed E-state index contributed by atoms with van der Waals surface area (Å²) in [5.74, 6) is 1.46. The Morgan fingerprint density at radius 2 is 1.82 bits per heavy atom. The van der Waals surface area contributed by atoms with Gasteiger partial charge in [-0.2, -0.15) is 5.26 Å². The Morgan fingerprint density at radius 1 is 1.27 bits per heavy atom. The molecule has 0 spiro atoms. The second-order valence-corrected chi connectivity index (χ2v) is 3.73. The van der Waals surface area contributed by atoms with Crippen LogP contribution in [0.15, 0.2) is 0 Å². The molecule has 0 aliphatic rings. The van der Waals surface area contributed by atoms with Crippen LogP contribution in [0.2, 0.25) is 0 Å². The molecule has 2 atom stereocenters. The summed E-state index contributed by atoms with van der Waals surface area (Å²) in [7, 11) is 0. The summed E-state index contributed by atoms with van der Waals surface area (Å²) in [6, 6.07) is 2.37. The molecule has 0 bridgehead atoms. The van der Waals surface area contributed by atoms with Crippen LogP contribution in [-0.4, -0.2) is 0 Å². The van der Waals surface area contributed by atoms with Gasteiger partial charge in [-0.25, -0.2) is 0 Å². The first-order valence-electron chi connectivity index (χ1n) is 4.51. The minimum absolute atomic E-state index is 0.255. The third-order valence-electron chi connectivity index (χ3n) is 2.32. The first-order chi connectivity index (χ1) is 5.11. The molecule has 1 heteroatoms. The summed E-state index contributed by atoms with van der Waals surface area (Å²) in [5, 5.41) is 8.79. The quantitative estimate of drug-likeness (QED) is 0.608. The van der Waals surface area contributed by atoms with Crippen molar-refractivity contribution in [3.05, 3.63) is 0 Å². The van der Waals surface area contributed by atoms with Gasteiger partial charge in [0.05, 0.1) is 6.07 Å².